The first-order valence-corrected chi connectivity index (χ1v) is 45.3. The third kappa shape index (κ3) is 26.8. The summed E-state index contributed by atoms with van der Waals surface area (Å²) in [5.41, 5.74) is 18.3. The molecule has 0 bridgehead atoms. The second-order valence-electron chi connectivity index (χ2n) is 33.1. The van der Waals surface area contributed by atoms with Gasteiger partial charge >= 0.3 is 0 Å². The predicted molar refractivity (Wildman–Crippen MR) is 495 cm³/mol. The van der Waals surface area contributed by atoms with Gasteiger partial charge in [-0.1, -0.05) is 225 Å². The number of carbonyl (C=O) groups excluding carboxylic acids is 5. The number of rotatable bonds is 30. The van der Waals surface area contributed by atoms with Crippen LogP contribution in [0.3, 0.4) is 0 Å². The molecule has 5 saturated heterocycles. The number of hydrogen-bond donors (Lipinski definition) is 8. The Bertz CT molecular complexity index is 4790. The zero-order chi connectivity index (χ0) is 85.0. The molecule has 5 aliphatic heterocycles. The summed E-state index contributed by atoms with van der Waals surface area (Å²) >= 11 is 24.5. The van der Waals surface area contributed by atoms with Gasteiger partial charge < -0.3 is 67.9 Å². The second-order valence-corrected chi connectivity index (χ2v) is 34.8. The summed E-state index contributed by atoms with van der Waals surface area (Å²) in [6.07, 6.45) is 11.5. The third-order valence-electron chi connectivity index (χ3n) is 24.8. The number of piperidine rings is 2. The highest BCUT2D eigenvalue weighted by Gasteiger charge is 2.40. The second kappa shape index (κ2) is 46.5. The van der Waals surface area contributed by atoms with Crippen LogP contribution in [-0.2, 0) is 20.9 Å². The van der Waals surface area contributed by atoms with Gasteiger partial charge in [0.1, 0.15) is 0 Å². The van der Waals surface area contributed by atoms with Crippen molar-refractivity contribution >= 4 is 103 Å². The maximum Gasteiger partial charge on any atom is 0.251 e. The lowest BCUT2D eigenvalue weighted by atomic mass is 9.88. The van der Waals surface area contributed by atoms with Gasteiger partial charge in [-0.15, -0.1) is 0 Å². The van der Waals surface area contributed by atoms with E-state index in [9.17, 15) is 24.0 Å². The number of fused-ring (bicyclic) bond motifs is 2. The predicted octanol–water partition coefficient (Wildman–Crippen LogP) is 15.7. The van der Waals surface area contributed by atoms with E-state index >= 15 is 0 Å². The van der Waals surface area contributed by atoms with E-state index in [0.717, 1.165) is 131 Å². The molecule has 8 atom stereocenters. The molecule has 0 aromatic heterocycles. The van der Waals surface area contributed by atoms with Crippen LogP contribution in [0, 0.1) is 5.92 Å². The summed E-state index contributed by atoms with van der Waals surface area (Å²) in [5, 5.41) is 27.2. The van der Waals surface area contributed by atoms with Gasteiger partial charge in [-0.2, -0.15) is 0 Å². The summed E-state index contributed by atoms with van der Waals surface area (Å²) in [4.78, 5) is 83.2. The van der Waals surface area contributed by atoms with E-state index in [1.165, 1.54) is 41.5 Å². The Balaban J connectivity index is 0.000000166. The summed E-state index contributed by atoms with van der Waals surface area (Å²) in [7, 11) is 0. The Morgan fingerprint density at radius 3 is 1.40 bits per heavy atom. The SMILES string of the molecule is CC[C@H](CN1CCC(CNC(=O)c2ccc3cc(Cl)ccc3c2)NC(C2CCN(CC)CC2)C1=O)c1ccccc1.CC[C@H](CN1CC[C@@H](CNC(=O)c2ccc3cc(Cl)ccc3c2)N[C@@H](CCN=C(N)N)C1=O)c1ccccc1.O=C1[C@H](CCN2CCCCC2)N[C@H](CNCc2ccc(Cl)c(Cl)c2)CCN1CC(c1ccccc1)c1ccccc1. The number of guanidine groups is 1. The Kier molecular flexibility index (Phi) is 35.1. The molecular formula is C98H122Cl4N14O5. The lowest BCUT2D eigenvalue weighted by molar-refractivity contribution is -0.135. The van der Waals surface area contributed by atoms with E-state index in [2.05, 4.69) is 174 Å². The molecule has 5 heterocycles. The number of carbonyl (C=O) groups is 5. The van der Waals surface area contributed by atoms with Crippen LogP contribution < -0.4 is 43.4 Å². The van der Waals surface area contributed by atoms with Crippen molar-refractivity contribution in [1.82, 2.24) is 56.4 Å². The molecule has 9 aromatic carbocycles. The highest BCUT2D eigenvalue weighted by molar-refractivity contribution is 6.42. The van der Waals surface area contributed by atoms with Crippen LogP contribution in [0.4, 0.5) is 0 Å². The van der Waals surface area contributed by atoms with Crippen LogP contribution in [-0.4, -0.2) is 201 Å². The van der Waals surface area contributed by atoms with Gasteiger partial charge in [-0.3, -0.25) is 29.0 Å². The molecule has 9 aromatic rings. The molecule has 0 aliphatic carbocycles. The average molecular weight is 1720 g/mol. The zero-order valence-corrected chi connectivity index (χ0v) is 73.4. The third-order valence-corrected chi connectivity index (χ3v) is 26.1. The smallest absolute Gasteiger partial charge is 0.251 e. The fourth-order valence-electron chi connectivity index (χ4n) is 17.7. The van der Waals surface area contributed by atoms with Crippen molar-refractivity contribution in [3.05, 3.63) is 271 Å². The van der Waals surface area contributed by atoms with Crippen LogP contribution in [0.1, 0.15) is 164 Å². The van der Waals surface area contributed by atoms with Crippen LogP contribution in [0.2, 0.25) is 20.1 Å². The van der Waals surface area contributed by atoms with Crippen LogP contribution in [0.25, 0.3) is 21.5 Å². The number of likely N-dealkylation sites (tertiary alicyclic amines) is 2. The lowest BCUT2D eigenvalue weighted by Gasteiger charge is -2.37. The van der Waals surface area contributed by atoms with E-state index in [1.807, 2.05) is 114 Å². The Hall–Kier alpha value is -8.96. The summed E-state index contributed by atoms with van der Waals surface area (Å²) in [6.45, 7) is 19.7. The van der Waals surface area contributed by atoms with Crippen molar-refractivity contribution in [3.63, 3.8) is 0 Å². The molecule has 5 aliphatic rings. The minimum atomic E-state index is -0.448. The molecule has 5 fully saturated rings. The number of nitrogens with one attached hydrogen (secondary N) is 6. The van der Waals surface area contributed by atoms with Gasteiger partial charge in [0.05, 0.1) is 28.2 Å². The monoisotopic (exact) mass is 1710 g/mol. The van der Waals surface area contributed by atoms with Gasteiger partial charge in [0.15, 0.2) is 5.96 Å². The average Bonchev–Trinajstić information content (AvgIpc) is 1.76. The highest BCUT2D eigenvalue weighted by Crippen LogP contribution is 2.32. The minimum Gasteiger partial charge on any atom is -0.370 e. The fourth-order valence-corrected chi connectivity index (χ4v) is 18.4. The molecule has 19 nitrogen and oxygen atoms in total. The van der Waals surface area contributed by atoms with Crippen molar-refractivity contribution in [2.24, 2.45) is 22.4 Å². The van der Waals surface area contributed by atoms with Gasteiger partial charge in [0, 0.05) is 136 Å². The van der Waals surface area contributed by atoms with E-state index in [0.29, 0.717) is 108 Å². The molecule has 642 valence electrons. The number of hydrogen-bond acceptors (Lipinski definition) is 12. The Morgan fingerprint density at radius 2 is 0.909 bits per heavy atom. The molecule has 5 amide bonds. The summed E-state index contributed by atoms with van der Waals surface area (Å²) < 4.78 is 0. The number of nitrogens with zero attached hydrogens (tertiary/aromatic N) is 6. The van der Waals surface area contributed by atoms with E-state index in [4.69, 9.17) is 57.9 Å². The van der Waals surface area contributed by atoms with Gasteiger partial charge in [-0.05, 0) is 219 Å². The fraction of sp³-hybridized carbons (Fsp3) is 0.429. The quantitative estimate of drug-likeness (QED) is 0.0155. The highest BCUT2D eigenvalue weighted by atomic mass is 35.5. The normalized spacial score (nSPS) is 20.1. The first kappa shape index (κ1) is 91.3. The molecule has 14 rings (SSSR count). The van der Waals surface area contributed by atoms with Crippen molar-refractivity contribution in [3.8, 4) is 0 Å². The van der Waals surface area contributed by atoms with Crippen molar-refractivity contribution in [1.29, 1.82) is 0 Å². The standard InChI is InChI=1S/C34H42Cl2N4O.C34H43ClN4O2.C30H37ClN6O2/c35-31-15-14-26(22-32(31)36)23-37-24-29-16-21-40(34(41)33(38-29)17-20-39-18-8-3-9-19-39)25-30(27-10-4-1-5-11-27)28-12-6-2-7-13-28;1-3-24(25-8-6-5-7-9-25)23-39-19-16-31(37-32(34(39)41)26-14-17-38(4-2)18-15-26)22-36-33(40)29-11-10-28-21-30(35)13-12-27(28)20-29;1-2-20(21-6-4-3-5-7-21)19-37-15-13-26(36-27(29(37)39)12-14-34-30(32)33)18-35-28(38)24-9-8-23-17-25(31)11-10-22(23)16-24/h1-2,4-7,10-15,22,29-30,33,37-38H,3,8-9,16-21,23-25H2;5-13,20-21,24,26,31-32,37H,3-4,14-19,22-23H2,1-2H3,(H,36,40);3-11,16-17,20,26-27,36H,2,12-15,18-19H2,1H3,(H,35,38)(H4,32,33,34)/t29-,33-;24-,31?,32?;20-,26+,27+/m011/s1. The van der Waals surface area contributed by atoms with Crippen LogP contribution >= 0.6 is 46.4 Å². The first-order valence-electron chi connectivity index (χ1n) is 43.8. The Labute approximate surface area is 735 Å². The van der Waals surface area contributed by atoms with Gasteiger partial charge in [0.25, 0.3) is 11.8 Å². The summed E-state index contributed by atoms with van der Waals surface area (Å²) in [6, 6.07) is 69.6. The largest absolute Gasteiger partial charge is 0.370 e. The topological polar surface area (TPSA) is 238 Å². The van der Waals surface area contributed by atoms with Crippen LogP contribution in [0.5, 0.6) is 0 Å². The van der Waals surface area contributed by atoms with Crippen molar-refractivity contribution in [2.45, 2.75) is 158 Å². The first-order chi connectivity index (χ1) is 58.8. The van der Waals surface area contributed by atoms with Crippen molar-refractivity contribution < 1.29 is 24.0 Å². The molecule has 2 unspecified atom stereocenters. The molecule has 0 spiro atoms. The summed E-state index contributed by atoms with van der Waals surface area (Å²) in [5.74, 6) is 1.21. The zero-order valence-electron chi connectivity index (χ0n) is 70.4. The van der Waals surface area contributed by atoms with Crippen LogP contribution in [0.15, 0.2) is 217 Å². The minimum absolute atomic E-state index is 0.00419. The van der Waals surface area contributed by atoms with E-state index in [-0.39, 0.29) is 77.5 Å². The maximum atomic E-state index is 14.1. The number of nitrogens with two attached hydrogens (primary N) is 2. The number of aliphatic imine (C=N–C) groups is 1. The van der Waals surface area contributed by atoms with E-state index < -0.39 is 6.04 Å². The molecule has 0 saturated carbocycles. The number of benzene rings is 9. The van der Waals surface area contributed by atoms with Gasteiger partial charge in [-0.25, -0.2) is 0 Å². The number of amides is 5. The molecule has 10 N–H and O–H groups in total. The Morgan fingerprint density at radius 1 is 0.455 bits per heavy atom. The molecule has 0 radical (unpaired) electrons. The molecule has 23 heteroatoms. The molecular weight excluding hydrogens is 1590 g/mol. The molecule has 121 heavy (non-hydrogen) atoms. The van der Waals surface area contributed by atoms with E-state index in [1.54, 1.807) is 6.07 Å². The van der Waals surface area contributed by atoms with Crippen molar-refractivity contribution in [2.75, 3.05) is 105 Å². The lowest BCUT2D eigenvalue weighted by Crippen LogP contribution is -2.54. The number of halogens is 4. The maximum absolute atomic E-state index is 14.1. The van der Waals surface area contributed by atoms with Gasteiger partial charge in [0.2, 0.25) is 17.7 Å².